The van der Waals surface area contributed by atoms with Crippen LogP contribution in [0, 0.1) is 12.3 Å². The number of carbonyl (C=O) groups excluding carboxylic acids is 2. The molecule has 1 N–H and O–H groups in total. The summed E-state index contributed by atoms with van der Waals surface area (Å²) in [6.45, 7) is 6.42. The third-order valence-corrected chi connectivity index (χ3v) is 3.70. The summed E-state index contributed by atoms with van der Waals surface area (Å²) in [5, 5.41) is 2.39. The number of amides is 1. The molecule has 5 heteroatoms. The normalized spacial score (nSPS) is 9.92. The topological polar surface area (TPSA) is 64.6 Å². The fourth-order valence-corrected chi connectivity index (χ4v) is 2.14. The summed E-state index contributed by atoms with van der Waals surface area (Å²) in [6, 6.07) is 0. The molecule has 25 heavy (non-hydrogen) atoms. The van der Waals surface area contributed by atoms with Gasteiger partial charge in [-0.3, -0.25) is 4.79 Å². The van der Waals surface area contributed by atoms with Crippen LogP contribution in [0.5, 0.6) is 0 Å². The van der Waals surface area contributed by atoms with Gasteiger partial charge in [0.05, 0.1) is 13.2 Å². The van der Waals surface area contributed by atoms with Gasteiger partial charge in [-0.15, -0.1) is 6.42 Å². The van der Waals surface area contributed by atoms with Crippen LogP contribution in [0.25, 0.3) is 0 Å². The van der Waals surface area contributed by atoms with Gasteiger partial charge in [-0.25, -0.2) is 4.79 Å². The van der Waals surface area contributed by atoms with Gasteiger partial charge in [0, 0.05) is 0 Å². The van der Waals surface area contributed by atoms with Gasteiger partial charge in [-0.05, 0) is 31.3 Å². The molecule has 1 amide bonds. The number of carbonyl (C=O) groups is 2. The third kappa shape index (κ3) is 16.7. The maximum absolute atomic E-state index is 11.4. The second-order valence-corrected chi connectivity index (χ2v) is 6.04. The van der Waals surface area contributed by atoms with Crippen molar-refractivity contribution in [3.05, 3.63) is 12.2 Å². The summed E-state index contributed by atoms with van der Waals surface area (Å²) in [4.78, 5) is 22.7. The average molecular weight is 351 g/mol. The number of allylic oxidation sites excluding steroid dienone is 1. The van der Waals surface area contributed by atoms with E-state index in [0.29, 0.717) is 13.2 Å². The SMILES string of the molecule is C#CC(=C)CCCCCCCCCOC(=O)NCC(=O)OCCCC. The summed E-state index contributed by atoms with van der Waals surface area (Å²) < 4.78 is 9.94. The van der Waals surface area contributed by atoms with Gasteiger partial charge in [-0.1, -0.05) is 57.9 Å². The Hall–Kier alpha value is -1.96. The molecule has 0 atom stereocenters. The Kier molecular flexibility index (Phi) is 15.6. The maximum Gasteiger partial charge on any atom is 0.407 e. The van der Waals surface area contributed by atoms with Crippen molar-refractivity contribution in [1.29, 1.82) is 0 Å². The Labute approximate surface area is 152 Å². The lowest BCUT2D eigenvalue weighted by atomic mass is 10.1. The highest BCUT2D eigenvalue weighted by Crippen LogP contribution is 2.11. The molecule has 142 valence electrons. The van der Waals surface area contributed by atoms with Crippen LogP contribution in [0.1, 0.15) is 71.1 Å². The molecular weight excluding hydrogens is 318 g/mol. The Balaban J connectivity index is 3.33. The molecule has 0 spiro atoms. The minimum atomic E-state index is -0.568. The minimum absolute atomic E-state index is 0.144. The van der Waals surface area contributed by atoms with Crippen molar-refractivity contribution in [3.8, 4) is 12.3 Å². The standard InChI is InChI=1S/C20H33NO4/c1-4-6-15-24-19(22)17-21-20(23)25-16-13-11-9-7-8-10-12-14-18(3)5-2/h2H,3-4,6-17H2,1H3,(H,21,23). The molecule has 0 saturated heterocycles. The van der Waals surface area contributed by atoms with E-state index in [0.717, 1.165) is 50.5 Å². The largest absolute Gasteiger partial charge is 0.464 e. The van der Waals surface area contributed by atoms with E-state index in [1.54, 1.807) is 0 Å². The van der Waals surface area contributed by atoms with E-state index in [9.17, 15) is 9.59 Å². The number of esters is 1. The van der Waals surface area contributed by atoms with E-state index in [2.05, 4.69) is 17.8 Å². The molecule has 0 aliphatic heterocycles. The van der Waals surface area contributed by atoms with E-state index in [1.165, 1.54) is 19.3 Å². The van der Waals surface area contributed by atoms with Crippen LogP contribution in [-0.4, -0.2) is 31.8 Å². The lowest BCUT2D eigenvalue weighted by molar-refractivity contribution is -0.142. The van der Waals surface area contributed by atoms with Gasteiger partial charge >= 0.3 is 12.1 Å². The Morgan fingerprint density at radius 3 is 2.20 bits per heavy atom. The number of terminal acetylenes is 1. The fraction of sp³-hybridized carbons (Fsp3) is 0.700. The zero-order valence-electron chi connectivity index (χ0n) is 15.6. The molecule has 0 unspecified atom stereocenters. The highest BCUT2D eigenvalue weighted by Gasteiger charge is 2.06. The molecule has 0 rings (SSSR count). The van der Waals surface area contributed by atoms with Crippen molar-refractivity contribution in [2.45, 2.75) is 71.1 Å². The number of rotatable bonds is 15. The van der Waals surface area contributed by atoms with Gasteiger partial charge in [0.25, 0.3) is 0 Å². The molecule has 0 aliphatic rings. The minimum Gasteiger partial charge on any atom is -0.464 e. The second kappa shape index (κ2) is 16.9. The summed E-state index contributed by atoms with van der Waals surface area (Å²) in [5.41, 5.74) is 0.879. The number of hydrogen-bond donors (Lipinski definition) is 1. The smallest absolute Gasteiger partial charge is 0.407 e. The maximum atomic E-state index is 11.4. The van der Waals surface area contributed by atoms with Crippen LogP contribution < -0.4 is 5.32 Å². The Bertz CT molecular complexity index is 426. The molecule has 0 aromatic rings. The van der Waals surface area contributed by atoms with E-state index in [-0.39, 0.29) is 6.54 Å². The van der Waals surface area contributed by atoms with Crippen LogP contribution in [-0.2, 0) is 14.3 Å². The lowest BCUT2D eigenvalue weighted by Crippen LogP contribution is -2.31. The molecule has 0 saturated carbocycles. The van der Waals surface area contributed by atoms with Crippen molar-refractivity contribution in [1.82, 2.24) is 5.32 Å². The number of unbranched alkanes of at least 4 members (excludes halogenated alkanes) is 7. The average Bonchev–Trinajstić information content (AvgIpc) is 2.61. The summed E-state index contributed by atoms with van der Waals surface area (Å²) in [7, 11) is 0. The van der Waals surface area contributed by atoms with E-state index < -0.39 is 12.1 Å². The van der Waals surface area contributed by atoms with Gasteiger partial charge < -0.3 is 14.8 Å². The first kappa shape index (κ1) is 23.0. The molecular formula is C20H33NO4. The predicted octanol–water partition coefficient (Wildman–Crippen LogP) is 4.37. The molecule has 0 aromatic heterocycles. The van der Waals surface area contributed by atoms with Crippen LogP contribution in [0.4, 0.5) is 4.79 Å². The zero-order valence-corrected chi connectivity index (χ0v) is 15.6. The van der Waals surface area contributed by atoms with Gasteiger partial charge in [0.1, 0.15) is 6.54 Å². The molecule has 0 radical (unpaired) electrons. The van der Waals surface area contributed by atoms with Gasteiger partial charge in [0.2, 0.25) is 0 Å². The van der Waals surface area contributed by atoms with Crippen LogP contribution >= 0.6 is 0 Å². The number of ether oxygens (including phenoxy) is 2. The first-order valence-electron chi connectivity index (χ1n) is 9.30. The quantitative estimate of drug-likeness (QED) is 0.270. The van der Waals surface area contributed by atoms with E-state index in [4.69, 9.17) is 15.9 Å². The Morgan fingerprint density at radius 1 is 0.960 bits per heavy atom. The zero-order chi connectivity index (χ0) is 18.8. The third-order valence-electron chi connectivity index (χ3n) is 3.70. The second-order valence-electron chi connectivity index (χ2n) is 6.04. The van der Waals surface area contributed by atoms with Gasteiger partial charge in [0.15, 0.2) is 0 Å². The number of alkyl carbamates (subject to hydrolysis) is 1. The lowest BCUT2D eigenvalue weighted by Gasteiger charge is -2.07. The van der Waals surface area contributed by atoms with Crippen molar-refractivity contribution in [2.24, 2.45) is 0 Å². The Morgan fingerprint density at radius 2 is 1.56 bits per heavy atom. The molecule has 0 aliphatic carbocycles. The molecule has 0 heterocycles. The molecule has 0 fully saturated rings. The van der Waals surface area contributed by atoms with Crippen molar-refractivity contribution < 1.29 is 19.1 Å². The monoisotopic (exact) mass is 351 g/mol. The van der Waals surface area contributed by atoms with Gasteiger partial charge in [-0.2, -0.15) is 0 Å². The molecule has 0 aromatic carbocycles. The van der Waals surface area contributed by atoms with Crippen molar-refractivity contribution >= 4 is 12.1 Å². The van der Waals surface area contributed by atoms with E-state index >= 15 is 0 Å². The summed E-state index contributed by atoms with van der Waals surface area (Å²) >= 11 is 0. The highest BCUT2D eigenvalue weighted by molar-refractivity contribution is 5.77. The fourth-order valence-electron chi connectivity index (χ4n) is 2.14. The molecule has 5 nitrogen and oxygen atoms in total. The number of nitrogens with one attached hydrogen (secondary N) is 1. The van der Waals surface area contributed by atoms with Crippen molar-refractivity contribution in [2.75, 3.05) is 19.8 Å². The van der Waals surface area contributed by atoms with E-state index in [1.807, 2.05) is 6.92 Å². The summed E-state index contributed by atoms with van der Waals surface area (Å²) in [5.74, 6) is 2.12. The molecule has 0 bridgehead atoms. The van der Waals surface area contributed by atoms with Crippen molar-refractivity contribution in [3.63, 3.8) is 0 Å². The predicted molar refractivity (Wildman–Crippen MR) is 100 cm³/mol. The summed E-state index contributed by atoms with van der Waals surface area (Å²) in [6.07, 6.45) is 15.0. The van der Waals surface area contributed by atoms with Crippen LogP contribution in [0.2, 0.25) is 0 Å². The number of hydrogen-bond acceptors (Lipinski definition) is 4. The first-order chi connectivity index (χ1) is 12.1. The van der Waals surface area contributed by atoms with Crippen LogP contribution in [0.3, 0.4) is 0 Å². The van der Waals surface area contributed by atoms with Crippen LogP contribution in [0.15, 0.2) is 12.2 Å². The highest BCUT2D eigenvalue weighted by atomic mass is 16.6. The first-order valence-corrected chi connectivity index (χ1v) is 9.30.